The largest absolute Gasteiger partial charge is 0.302 e. The molecule has 0 spiro atoms. The second-order valence-electron chi connectivity index (χ2n) is 5.58. The molecular weight excluding hydrogens is 384 g/mol. The average Bonchev–Trinajstić information content (AvgIpc) is 3.03. The number of hydrogen-bond acceptors (Lipinski definition) is 3. The molecule has 2 aromatic carbocycles. The molecule has 0 saturated heterocycles. The molecule has 0 saturated carbocycles. The van der Waals surface area contributed by atoms with Crippen LogP contribution in [0.1, 0.15) is 17.5 Å². The SMILES string of the molecule is Cc1ccc(CCC(=O)Nc2nc(-c3ccc(Br)cc3)cs2)cc1. The van der Waals surface area contributed by atoms with Gasteiger partial charge >= 0.3 is 0 Å². The van der Waals surface area contributed by atoms with Crippen molar-refractivity contribution in [3.63, 3.8) is 0 Å². The van der Waals surface area contributed by atoms with E-state index in [9.17, 15) is 4.79 Å². The Hall–Kier alpha value is -1.98. The monoisotopic (exact) mass is 400 g/mol. The number of halogens is 1. The number of nitrogens with one attached hydrogen (secondary N) is 1. The van der Waals surface area contributed by atoms with Crippen LogP contribution in [0, 0.1) is 6.92 Å². The molecule has 1 amide bonds. The Morgan fingerprint density at radius 2 is 1.83 bits per heavy atom. The fraction of sp³-hybridized carbons (Fsp3) is 0.158. The van der Waals surface area contributed by atoms with E-state index < -0.39 is 0 Å². The van der Waals surface area contributed by atoms with Crippen molar-refractivity contribution in [3.05, 3.63) is 69.5 Å². The standard InChI is InChI=1S/C19H17BrN2OS/c1-13-2-4-14(5-3-13)6-11-18(23)22-19-21-17(12-24-19)15-7-9-16(20)10-8-15/h2-5,7-10,12H,6,11H2,1H3,(H,21,22,23). The van der Waals surface area contributed by atoms with Crippen LogP contribution in [-0.2, 0) is 11.2 Å². The third-order valence-electron chi connectivity index (χ3n) is 3.65. The van der Waals surface area contributed by atoms with E-state index in [1.165, 1.54) is 22.5 Å². The maximum absolute atomic E-state index is 12.1. The molecule has 0 aliphatic rings. The summed E-state index contributed by atoms with van der Waals surface area (Å²) in [5.74, 6) is -0.00715. The van der Waals surface area contributed by atoms with E-state index in [-0.39, 0.29) is 5.91 Å². The van der Waals surface area contributed by atoms with E-state index in [2.05, 4.69) is 57.4 Å². The Kier molecular flexibility index (Phi) is 5.43. The zero-order valence-electron chi connectivity index (χ0n) is 13.3. The van der Waals surface area contributed by atoms with Gasteiger partial charge in [0.15, 0.2) is 5.13 Å². The van der Waals surface area contributed by atoms with Crippen LogP contribution in [0.4, 0.5) is 5.13 Å². The summed E-state index contributed by atoms with van der Waals surface area (Å²) in [7, 11) is 0. The number of hydrogen-bond donors (Lipinski definition) is 1. The molecule has 1 aromatic heterocycles. The van der Waals surface area contributed by atoms with Gasteiger partial charge in [-0.05, 0) is 31.0 Å². The fourth-order valence-corrected chi connectivity index (χ4v) is 3.28. The molecule has 0 aliphatic heterocycles. The summed E-state index contributed by atoms with van der Waals surface area (Å²) in [4.78, 5) is 16.6. The van der Waals surface area contributed by atoms with Crippen molar-refractivity contribution in [3.8, 4) is 11.3 Å². The minimum atomic E-state index is -0.00715. The summed E-state index contributed by atoms with van der Waals surface area (Å²) < 4.78 is 1.03. The predicted molar refractivity (Wildman–Crippen MR) is 103 cm³/mol. The van der Waals surface area contributed by atoms with Gasteiger partial charge in [-0.2, -0.15) is 0 Å². The number of thiazole rings is 1. The molecule has 0 bridgehead atoms. The Bertz CT molecular complexity index is 825. The lowest BCUT2D eigenvalue weighted by Gasteiger charge is -2.03. The lowest BCUT2D eigenvalue weighted by atomic mass is 10.1. The number of nitrogens with zero attached hydrogens (tertiary/aromatic N) is 1. The van der Waals surface area contributed by atoms with Gasteiger partial charge in [-0.15, -0.1) is 11.3 Å². The van der Waals surface area contributed by atoms with Crippen molar-refractivity contribution in [2.75, 3.05) is 5.32 Å². The van der Waals surface area contributed by atoms with Crippen LogP contribution in [0.5, 0.6) is 0 Å². The van der Waals surface area contributed by atoms with Crippen LogP contribution < -0.4 is 5.32 Å². The third kappa shape index (κ3) is 4.52. The molecule has 0 unspecified atom stereocenters. The van der Waals surface area contributed by atoms with Gasteiger partial charge in [0.05, 0.1) is 5.69 Å². The van der Waals surface area contributed by atoms with Crippen molar-refractivity contribution < 1.29 is 4.79 Å². The van der Waals surface area contributed by atoms with Gasteiger partial charge in [-0.3, -0.25) is 4.79 Å². The molecule has 1 heterocycles. The van der Waals surface area contributed by atoms with Crippen LogP contribution >= 0.6 is 27.3 Å². The first-order valence-electron chi connectivity index (χ1n) is 7.67. The molecule has 0 aliphatic carbocycles. The van der Waals surface area contributed by atoms with Crippen molar-refractivity contribution in [1.82, 2.24) is 4.98 Å². The number of amides is 1. The minimum absolute atomic E-state index is 0.00715. The summed E-state index contributed by atoms with van der Waals surface area (Å²) in [6.07, 6.45) is 1.19. The molecule has 0 fully saturated rings. The van der Waals surface area contributed by atoms with Crippen molar-refractivity contribution in [2.24, 2.45) is 0 Å². The lowest BCUT2D eigenvalue weighted by Crippen LogP contribution is -2.12. The van der Waals surface area contributed by atoms with Crippen LogP contribution in [0.15, 0.2) is 58.4 Å². The molecule has 3 aromatic rings. The second-order valence-corrected chi connectivity index (χ2v) is 7.35. The molecule has 3 nitrogen and oxygen atoms in total. The quantitative estimate of drug-likeness (QED) is 0.618. The van der Waals surface area contributed by atoms with E-state index in [1.807, 2.05) is 29.6 Å². The highest BCUT2D eigenvalue weighted by atomic mass is 79.9. The van der Waals surface area contributed by atoms with Crippen LogP contribution in [0.25, 0.3) is 11.3 Å². The Morgan fingerprint density at radius 1 is 1.12 bits per heavy atom. The summed E-state index contributed by atoms with van der Waals surface area (Å²) in [6, 6.07) is 16.2. The minimum Gasteiger partial charge on any atom is -0.302 e. The zero-order chi connectivity index (χ0) is 16.9. The summed E-state index contributed by atoms with van der Waals surface area (Å²) in [6.45, 7) is 2.06. The molecule has 3 rings (SSSR count). The summed E-state index contributed by atoms with van der Waals surface area (Å²) >= 11 is 4.87. The van der Waals surface area contributed by atoms with E-state index >= 15 is 0 Å². The van der Waals surface area contributed by atoms with Gasteiger partial charge in [-0.1, -0.05) is 57.9 Å². The van der Waals surface area contributed by atoms with E-state index in [0.29, 0.717) is 11.6 Å². The van der Waals surface area contributed by atoms with Crippen molar-refractivity contribution in [1.29, 1.82) is 0 Å². The second kappa shape index (κ2) is 7.73. The first-order chi connectivity index (χ1) is 11.6. The third-order valence-corrected chi connectivity index (χ3v) is 4.94. The highest BCUT2D eigenvalue weighted by Gasteiger charge is 2.08. The molecular formula is C19H17BrN2OS. The zero-order valence-corrected chi connectivity index (χ0v) is 15.7. The molecule has 24 heavy (non-hydrogen) atoms. The number of aromatic nitrogens is 1. The average molecular weight is 401 g/mol. The first kappa shape index (κ1) is 16.9. The Labute approximate surface area is 153 Å². The number of aryl methyl sites for hydroxylation is 2. The Balaban J connectivity index is 1.57. The highest BCUT2D eigenvalue weighted by molar-refractivity contribution is 9.10. The lowest BCUT2D eigenvalue weighted by molar-refractivity contribution is -0.116. The number of rotatable bonds is 5. The van der Waals surface area contributed by atoms with Gasteiger partial charge in [-0.25, -0.2) is 4.98 Å². The van der Waals surface area contributed by atoms with Crippen molar-refractivity contribution in [2.45, 2.75) is 19.8 Å². The topological polar surface area (TPSA) is 42.0 Å². The van der Waals surface area contributed by atoms with E-state index in [1.54, 1.807) is 0 Å². The van der Waals surface area contributed by atoms with E-state index in [4.69, 9.17) is 0 Å². The molecule has 0 atom stereocenters. The summed E-state index contributed by atoms with van der Waals surface area (Å²) in [5.41, 5.74) is 4.31. The van der Waals surface area contributed by atoms with E-state index in [0.717, 1.165) is 22.2 Å². The molecule has 0 radical (unpaired) electrons. The molecule has 5 heteroatoms. The van der Waals surface area contributed by atoms with Crippen LogP contribution in [0.2, 0.25) is 0 Å². The first-order valence-corrected chi connectivity index (χ1v) is 9.34. The predicted octanol–water partition coefficient (Wildman–Crippen LogP) is 5.45. The number of carbonyl (C=O) groups excluding carboxylic acids is 1. The Morgan fingerprint density at radius 3 is 2.54 bits per heavy atom. The van der Waals surface area contributed by atoms with Gasteiger partial charge in [0.25, 0.3) is 0 Å². The smallest absolute Gasteiger partial charge is 0.226 e. The van der Waals surface area contributed by atoms with Crippen LogP contribution in [-0.4, -0.2) is 10.9 Å². The number of benzene rings is 2. The fourth-order valence-electron chi connectivity index (χ4n) is 2.28. The summed E-state index contributed by atoms with van der Waals surface area (Å²) in [5, 5.41) is 5.48. The molecule has 1 N–H and O–H groups in total. The number of carbonyl (C=O) groups is 1. The van der Waals surface area contributed by atoms with Gasteiger partial charge < -0.3 is 5.32 Å². The highest BCUT2D eigenvalue weighted by Crippen LogP contribution is 2.26. The van der Waals surface area contributed by atoms with Crippen LogP contribution in [0.3, 0.4) is 0 Å². The van der Waals surface area contributed by atoms with Crippen molar-refractivity contribution >= 4 is 38.3 Å². The van der Waals surface area contributed by atoms with Gasteiger partial charge in [0.2, 0.25) is 5.91 Å². The normalized spacial score (nSPS) is 10.6. The number of anilines is 1. The van der Waals surface area contributed by atoms with Gasteiger partial charge in [0.1, 0.15) is 0 Å². The van der Waals surface area contributed by atoms with Gasteiger partial charge in [0, 0.05) is 21.8 Å². The maximum atomic E-state index is 12.1. The molecule has 122 valence electrons. The maximum Gasteiger partial charge on any atom is 0.226 e.